The van der Waals surface area contributed by atoms with Crippen LogP contribution in [-0.4, -0.2) is 16.3 Å². The molecule has 0 radical (unpaired) electrons. The second-order valence-corrected chi connectivity index (χ2v) is 5.60. The molecule has 3 aromatic rings. The van der Waals surface area contributed by atoms with Crippen molar-refractivity contribution in [3.05, 3.63) is 64.4 Å². The number of alkyl halides is 2. The van der Waals surface area contributed by atoms with Gasteiger partial charge in [-0.25, -0.2) is 0 Å². The molecule has 2 aromatic carbocycles. The molecule has 1 atom stereocenters. The van der Waals surface area contributed by atoms with E-state index in [0.717, 1.165) is 0 Å². The van der Waals surface area contributed by atoms with Crippen molar-refractivity contribution in [2.45, 2.75) is 19.6 Å². The molecule has 0 bridgehead atoms. The van der Waals surface area contributed by atoms with E-state index in [9.17, 15) is 18.7 Å². The molecule has 0 saturated carbocycles. The molecular formula is C18H16F2N2O3. The number of anilines is 1. The van der Waals surface area contributed by atoms with Gasteiger partial charge in [0.15, 0.2) is 0 Å². The predicted octanol–water partition coefficient (Wildman–Crippen LogP) is 3.23. The summed E-state index contributed by atoms with van der Waals surface area (Å²) >= 11 is 0. The molecule has 5 nitrogen and oxygen atoms in total. The van der Waals surface area contributed by atoms with Gasteiger partial charge >= 0.3 is 6.61 Å². The summed E-state index contributed by atoms with van der Waals surface area (Å²) in [5.41, 5.74) is 7.30. The highest BCUT2D eigenvalue weighted by Crippen LogP contribution is 2.27. The minimum absolute atomic E-state index is 0.0677. The highest BCUT2D eigenvalue weighted by Gasteiger charge is 2.12. The summed E-state index contributed by atoms with van der Waals surface area (Å²) in [5, 5.41) is 10.1. The summed E-state index contributed by atoms with van der Waals surface area (Å²) in [5.74, 6) is -0.0677. The summed E-state index contributed by atoms with van der Waals surface area (Å²) in [6, 6.07) is 12.2. The van der Waals surface area contributed by atoms with Crippen molar-refractivity contribution in [1.82, 2.24) is 4.57 Å². The van der Waals surface area contributed by atoms with Gasteiger partial charge in [-0.1, -0.05) is 12.1 Å². The quantitative estimate of drug-likeness (QED) is 0.760. The Kier molecular flexibility index (Phi) is 4.41. The molecule has 0 unspecified atom stereocenters. The van der Waals surface area contributed by atoms with E-state index in [-0.39, 0.29) is 11.4 Å². The average molecular weight is 346 g/mol. The van der Waals surface area contributed by atoms with Gasteiger partial charge in [0.2, 0.25) is 0 Å². The van der Waals surface area contributed by atoms with Crippen LogP contribution in [0, 0.1) is 0 Å². The van der Waals surface area contributed by atoms with Gasteiger partial charge in [0.1, 0.15) is 5.75 Å². The van der Waals surface area contributed by atoms with Crippen LogP contribution in [0.1, 0.15) is 18.6 Å². The third-order valence-electron chi connectivity index (χ3n) is 3.88. The number of halogens is 2. The zero-order chi connectivity index (χ0) is 18.1. The van der Waals surface area contributed by atoms with E-state index in [4.69, 9.17) is 5.73 Å². The Morgan fingerprint density at radius 1 is 1.12 bits per heavy atom. The Morgan fingerprint density at radius 3 is 2.40 bits per heavy atom. The fourth-order valence-corrected chi connectivity index (χ4v) is 2.68. The van der Waals surface area contributed by atoms with Crippen LogP contribution in [-0.2, 0) is 0 Å². The molecule has 1 aromatic heterocycles. The fourth-order valence-electron chi connectivity index (χ4n) is 2.68. The first-order valence-corrected chi connectivity index (χ1v) is 7.55. The lowest BCUT2D eigenvalue weighted by Crippen LogP contribution is -2.19. The summed E-state index contributed by atoms with van der Waals surface area (Å²) < 4.78 is 30.7. The van der Waals surface area contributed by atoms with Crippen molar-refractivity contribution in [3.8, 4) is 11.4 Å². The number of pyridine rings is 1. The lowest BCUT2D eigenvalue weighted by atomic mass is 10.1. The number of aromatic nitrogens is 1. The largest absolute Gasteiger partial charge is 0.435 e. The molecule has 0 aliphatic carbocycles. The number of benzene rings is 2. The SMILES string of the molecule is C[C@@H](O)c1ccc(-n2c(=O)cc(N)c3ccc(OC(F)F)cc32)cc1. The maximum atomic E-state index is 12.5. The Balaban J connectivity index is 2.23. The van der Waals surface area contributed by atoms with E-state index < -0.39 is 18.3 Å². The van der Waals surface area contributed by atoms with Crippen LogP contribution in [0.3, 0.4) is 0 Å². The molecule has 1 heterocycles. The minimum Gasteiger partial charge on any atom is -0.435 e. The maximum absolute atomic E-state index is 12.5. The Hall–Kier alpha value is -2.93. The van der Waals surface area contributed by atoms with Gasteiger partial charge in [0.05, 0.1) is 11.6 Å². The highest BCUT2D eigenvalue weighted by atomic mass is 19.3. The Bertz CT molecular complexity index is 966. The maximum Gasteiger partial charge on any atom is 0.387 e. The van der Waals surface area contributed by atoms with Gasteiger partial charge in [-0.15, -0.1) is 0 Å². The third kappa shape index (κ3) is 3.32. The van der Waals surface area contributed by atoms with Crippen LogP contribution in [0.2, 0.25) is 0 Å². The van der Waals surface area contributed by atoms with Crippen LogP contribution in [0.4, 0.5) is 14.5 Å². The molecule has 0 fully saturated rings. The predicted molar refractivity (Wildman–Crippen MR) is 91.2 cm³/mol. The van der Waals surface area contributed by atoms with E-state index in [2.05, 4.69) is 4.74 Å². The monoisotopic (exact) mass is 346 g/mol. The first-order chi connectivity index (χ1) is 11.9. The number of rotatable bonds is 4. The van der Waals surface area contributed by atoms with Gasteiger partial charge in [0.25, 0.3) is 5.56 Å². The molecule has 7 heteroatoms. The molecule has 130 valence electrons. The van der Waals surface area contributed by atoms with E-state index in [0.29, 0.717) is 22.2 Å². The first-order valence-electron chi connectivity index (χ1n) is 7.55. The average Bonchev–Trinajstić information content (AvgIpc) is 2.54. The highest BCUT2D eigenvalue weighted by molar-refractivity contribution is 5.92. The molecule has 0 saturated heterocycles. The number of aliphatic hydroxyl groups is 1. The minimum atomic E-state index is -2.97. The van der Waals surface area contributed by atoms with E-state index in [1.54, 1.807) is 31.2 Å². The molecular weight excluding hydrogens is 330 g/mol. The summed E-state index contributed by atoms with van der Waals surface area (Å²) in [4.78, 5) is 12.5. The van der Waals surface area contributed by atoms with Crippen LogP contribution >= 0.6 is 0 Å². The van der Waals surface area contributed by atoms with Crippen molar-refractivity contribution >= 4 is 16.6 Å². The molecule has 0 aliphatic heterocycles. The summed E-state index contributed by atoms with van der Waals surface area (Å²) in [7, 11) is 0. The number of nitrogen functional groups attached to an aromatic ring is 1. The Labute approximate surface area is 141 Å². The lowest BCUT2D eigenvalue weighted by Gasteiger charge is -2.14. The number of nitrogens with zero attached hydrogens (tertiary/aromatic N) is 1. The number of nitrogens with two attached hydrogens (primary N) is 1. The molecule has 0 spiro atoms. The van der Waals surface area contributed by atoms with Crippen molar-refractivity contribution in [2.75, 3.05) is 5.73 Å². The smallest absolute Gasteiger partial charge is 0.387 e. The topological polar surface area (TPSA) is 77.5 Å². The van der Waals surface area contributed by atoms with Crippen LogP contribution in [0.25, 0.3) is 16.6 Å². The van der Waals surface area contributed by atoms with Gasteiger partial charge in [0, 0.05) is 28.9 Å². The molecule has 0 aliphatic rings. The normalized spacial score (nSPS) is 12.5. The van der Waals surface area contributed by atoms with Gasteiger partial charge in [-0.2, -0.15) is 8.78 Å². The summed E-state index contributed by atoms with van der Waals surface area (Å²) in [6.45, 7) is -1.34. The van der Waals surface area contributed by atoms with Crippen LogP contribution in [0.15, 0.2) is 53.3 Å². The second-order valence-electron chi connectivity index (χ2n) is 5.60. The Morgan fingerprint density at radius 2 is 1.80 bits per heavy atom. The zero-order valence-electron chi connectivity index (χ0n) is 13.3. The van der Waals surface area contributed by atoms with Crippen molar-refractivity contribution in [2.24, 2.45) is 0 Å². The molecule has 3 N–H and O–H groups in total. The van der Waals surface area contributed by atoms with Crippen molar-refractivity contribution in [3.63, 3.8) is 0 Å². The fraction of sp³-hybridized carbons (Fsp3) is 0.167. The molecule has 25 heavy (non-hydrogen) atoms. The molecule has 3 rings (SSSR count). The standard InChI is InChI=1S/C18H16F2N2O3/c1-10(23)11-2-4-12(5-3-11)22-16-8-13(25-18(19)20)6-7-14(16)15(21)9-17(22)24/h2-10,18,23H,21H2,1H3/t10-/m1/s1. The number of hydrogen-bond donors (Lipinski definition) is 2. The number of ether oxygens (including phenoxy) is 1. The second kappa shape index (κ2) is 6.52. The van der Waals surface area contributed by atoms with Crippen molar-refractivity contribution < 1.29 is 18.6 Å². The van der Waals surface area contributed by atoms with E-state index in [1.807, 2.05) is 0 Å². The number of fused-ring (bicyclic) bond motifs is 1. The van der Waals surface area contributed by atoms with Gasteiger partial charge < -0.3 is 15.6 Å². The zero-order valence-corrected chi connectivity index (χ0v) is 13.3. The van der Waals surface area contributed by atoms with Gasteiger partial charge in [-0.3, -0.25) is 9.36 Å². The van der Waals surface area contributed by atoms with Gasteiger partial charge in [-0.05, 0) is 36.8 Å². The van der Waals surface area contributed by atoms with E-state index >= 15 is 0 Å². The first kappa shape index (κ1) is 16.9. The number of hydrogen-bond acceptors (Lipinski definition) is 4. The third-order valence-corrected chi connectivity index (χ3v) is 3.88. The lowest BCUT2D eigenvalue weighted by molar-refractivity contribution is -0.0497. The van der Waals surface area contributed by atoms with E-state index in [1.165, 1.54) is 28.8 Å². The van der Waals surface area contributed by atoms with Crippen molar-refractivity contribution in [1.29, 1.82) is 0 Å². The molecule has 0 amide bonds. The number of aliphatic hydroxyl groups excluding tert-OH is 1. The van der Waals surface area contributed by atoms with Crippen LogP contribution in [0.5, 0.6) is 5.75 Å². The summed E-state index contributed by atoms with van der Waals surface area (Å²) in [6.07, 6.45) is -0.639. The van der Waals surface area contributed by atoms with Crippen LogP contribution < -0.4 is 16.0 Å².